The Kier molecular flexibility index (Phi) is 7.89. The molecule has 1 aliphatic carbocycles. The highest BCUT2D eigenvalue weighted by atomic mass is 32.1. The summed E-state index contributed by atoms with van der Waals surface area (Å²) < 4.78 is 0. The Morgan fingerprint density at radius 3 is 1.63 bits per heavy atom. The number of amides is 2. The maximum absolute atomic E-state index is 12.5. The van der Waals surface area contributed by atoms with Crippen molar-refractivity contribution in [2.45, 2.75) is 50.4 Å². The average molecular weight is 549 g/mol. The second kappa shape index (κ2) is 11.7. The summed E-state index contributed by atoms with van der Waals surface area (Å²) in [5.41, 5.74) is 14.6. The summed E-state index contributed by atoms with van der Waals surface area (Å²) >= 11 is 2.82. The molecule has 2 amide bonds. The molecule has 38 heavy (non-hydrogen) atoms. The van der Waals surface area contributed by atoms with Crippen molar-refractivity contribution in [2.24, 2.45) is 0 Å². The Morgan fingerprint density at radius 2 is 1.18 bits per heavy atom. The molecule has 10 nitrogen and oxygen atoms in total. The number of hydrogen-bond acceptors (Lipinski definition) is 10. The molecule has 0 unspecified atom stereocenters. The van der Waals surface area contributed by atoms with E-state index >= 15 is 0 Å². The van der Waals surface area contributed by atoms with Crippen LogP contribution < -0.4 is 22.1 Å². The normalized spacial score (nSPS) is 17.2. The Labute approximate surface area is 227 Å². The summed E-state index contributed by atoms with van der Waals surface area (Å²) in [4.78, 5) is 25.0. The van der Waals surface area contributed by atoms with E-state index in [0.29, 0.717) is 21.6 Å². The molecule has 0 radical (unpaired) electrons. The van der Waals surface area contributed by atoms with Crippen molar-refractivity contribution < 1.29 is 9.59 Å². The molecule has 6 N–H and O–H groups in total. The molecule has 0 saturated heterocycles. The van der Waals surface area contributed by atoms with E-state index in [1.165, 1.54) is 22.7 Å². The van der Waals surface area contributed by atoms with Crippen LogP contribution in [0.25, 0.3) is 0 Å². The van der Waals surface area contributed by atoms with Crippen molar-refractivity contribution in [1.82, 2.24) is 20.4 Å². The van der Waals surface area contributed by atoms with E-state index in [9.17, 15) is 9.59 Å². The van der Waals surface area contributed by atoms with Crippen molar-refractivity contribution in [2.75, 3.05) is 22.1 Å². The van der Waals surface area contributed by atoms with Crippen LogP contribution in [0, 0.1) is 0 Å². The number of nitrogen functional groups attached to an aromatic ring is 2. The summed E-state index contributed by atoms with van der Waals surface area (Å²) in [7, 11) is 0. The van der Waals surface area contributed by atoms with E-state index in [4.69, 9.17) is 11.5 Å². The number of aromatic nitrogens is 4. The molecule has 196 valence electrons. The van der Waals surface area contributed by atoms with E-state index in [-0.39, 0.29) is 36.5 Å². The van der Waals surface area contributed by atoms with Gasteiger partial charge in [0.05, 0.1) is 12.8 Å². The van der Waals surface area contributed by atoms with Gasteiger partial charge in [-0.25, -0.2) is 0 Å². The Morgan fingerprint density at radius 1 is 0.737 bits per heavy atom. The topological polar surface area (TPSA) is 162 Å². The zero-order valence-corrected chi connectivity index (χ0v) is 22.2. The maximum atomic E-state index is 12.5. The summed E-state index contributed by atoms with van der Waals surface area (Å²) in [5.74, 6) is 0.102. The molecule has 4 aromatic rings. The zero-order valence-electron chi connectivity index (χ0n) is 20.6. The van der Waals surface area contributed by atoms with Gasteiger partial charge in [0.2, 0.25) is 22.1 Å². The fourth-order valence-corrected chi connectivity index (χ4v) is 6.42. The highest BCUT2D eigenvalue weighted by Crippen LogP contribution is 2.43. The van der Waals surface area contributed by atoms with E-state index < -0.39 is 0 Å². The summed E-state index contributed by atoms with van der Waals surface area (Å²) in [6, 6.07) is 14.6. The molecule has 0 spiro atoms. The van der Waals surface area contributed by atoms with Crippen LogP contribution in [-0.4, -0.2) is 32.2 Å². The molecule has 12 heteroatoms. The minimum Gasteiger partial charge on any atom is -0.398 e. The number of nitrogens with two attached hydrogens (primary N) is 2. The smallest absolute Gasteiger partial charge is 0.230 e. The molecule has 2 heterocycles. The third-order valence-electron chi connectivity index (χ3n) is 6.56. The van der Waals surface area contributed by atoms with Gasteiger partial charge in [0, 0.05) is 23.2 Å². The minimum absolute atomic E-state index is 0.175. The lowest BCUT2D eigenvalue weighted by atomic mass is 9.82. The van der Waals surface area contributed by atoms with Gasteiger partial charge in [-0.1, -0.05) is 65.5 Å². The molecule has 0 bridgehead atoms. The quantitative estimate of drug-likeness (QED) is 0.236. The molecular weight excluding hydrogens is 520 g/mol. The van der Waals surface area contributed by atoms with Crippen molar-refractivity contribution in [3.8, 4) is 0 Å². The molecule has 5 rings (SSSR count). The SMILES string of the molecule is Nc1ccccc1CC(=O)Nc1nnc([C@@H]2CCC[C@@H](c3nnc(NC(=O)Cc4ccccc4N)s3)C2)s1. The average Bonchev–Trinajstić information content (AvgIpc) is 3.57. The number of carbonyl (C=O) groups excluding carboxylic acids is 2. The lowest BCUT2D eigenvalue weighted by Crippen LogP contribution is -2.15. The van der Waals surface area contributed by atoms with Crippen LogP contribution in [-0.2, 0) is 22.4 Å². The number of anilines is 4. The lowest BCUT2D eigenvalue weighted by Gasteiger charge is -2.25. The second-order valence-corrected chi connectivity index (χ2v) is 11.3. The number of hydrogen-bond donors (Lipinski definition) is 4. The number of carbonyl (C=O) groups is 2. The van der Waals surface area contributed by atoms with Crippen LogP contribution >= 0.6 is 22.7 Å². The predicted molar refractivity (Wildman–Crippen MR) is 150 cm³/mol. The van der Waals surface area contributed by atoms with E-state index in [1.807, 2.05) is 36.4 Å². The van der Waals surface area contributed by atoms with Gasteiger partial charge in [-0.15, -0.1) is 20.4 Å². The molecule has 0 aliphatic heterocycles. The third-order valence-corrected chi connectivity index (χ3v) is 8.56. The van der Waals surface area contributed by atoms with Gasteiger partial charge < -0.3 is 22.1 Å². The molecule has 2 aromatic carbocycles. The maximum Gasteiger partial charge on any atom is 0.230 e. The molecule has 1 saturated carbocycles. The van der Waals surface area contributed by atoms with Crippen molar-refractivity contribution >= 4 is 56.1 Å². The van der Waals surface area contributed by atoms with Crippen LogP contribution in [0.4, 0.5) is 21.6 Å². The van der Waals surface area contributed by atoms with Crippen LogP contribution in [0.3, 0.4) is 0 Å². The minimum atomic E-state index is -0.175. The third kappa shape index (κ3) is 6.32. The number of nitrogens with zero attached hydrogens (tertiary/aromatic N) is 4. The van der Waals surface area contributed by atoms with Crippen LogP contribution in [0.5, 0.6) is 0 Å². The first kappa shape index (κ1) is 25.7. The highest BCUT2D eigenvalue weighted by Gasteiger charge is 2.29. The molecule has 2 aromatic heterocycles. The molecule has 2 atom stereocenters. The lowest BCUT2D eigenvalue weighted by molar-refractivity contribution is -0.116. The summed E-state index contributed by atoms with van der Waals surface area (Å²) in [6.45, 7) is 0. The Bertz CT molecular complexity index is 1330. The number of para-hydroxylation sites is 2. The number of nitrogens with one attached hydrogen (secondary N) is 2. The summed E-state index contributed by atoms with van der Waals surface area (Å²) in [6.07, 6.45) is 4.26. The first-order valence-corrected chi connectivity index (χ1v) is 14.0. The largest absolute Gasteiger partial charge is 0.398 e. The van der Waals surface area contributed by atoms with Gasteiger partial charge in [0.25, 0.3) is 0 Å². The first-order chi connectivity index (χ1) is 18.4. The van der Waals surface area contributed by atoms with E-state index in [1.54, 1.807) is 12.1 Å². The standard InChI is InChI=1S/C26H28N8O2S2/c27-19-10-3-1-6-15(19)13-21(35)29-25-33-31-23(37-25)17-8-5-9-18(12-17)24-32-34-26(38-24)30-22(36)14-16-7-2-4-11-20(16)28/h1-4,6-7,10-11,17-18H,5,8-9,12-14,27-28H2,(H,29,33,35)(H,30,34,36)/t17-,18-/m1/s1. The van der Waals surface area contributed by atoms with Crippen LogP contribution in [0.15, 0.2) is 48.5 Å². The van der Waals surface area contributed by atoms with Gasteiger partial charge in [-0.05, 0) is 42.5 Å². The van der Waals surface area contributed by atoms with Crippen molar-refractivity contribution in [1.29, 1.82) is 0 Å². The van der Waals surface area contributed by atoms with E-state index in [2.05, 4.69) is 31.0 Å². The first-order valence-electron chi connectivity index (χ1n) is 12.4. The van der Waals surface area contributed by atoms with Crippen molar-refractivity contribution in [3.05, 3.63) is 69.7 Å². The fourth-order valence-electron chi connectivity index (χ4n) is 4.60. The van der Waals surface area contributed by atoms with Crippen LogP contribution in [0.2, 0.25) is 0 Å². The van der Waals surface area contributed by atoms with Gasteiger partial charge >= 0.3 is 0 Å². The zero-order chi connectivity index (χ0) is 26.5. The Hall–Kier alpha value is -3.90. The fraction of sp³-hybridized carbons (Fsp3) is 0.308. The monoisotopic (exact) mass is 548 g/mol. The van der Waals surface area contributed by atoms with Crippen molar-refractivity contribution in [3.63, 3.8) is 0 Å². The predicted octanol–water partition coefficient (Wildman–Crippen LogP) is 4.36. The van der Waals surface area contributed by atoms with Gasteiger partial charge in [-0.3, -0.25) is 9.59 Å². The molecule has 1 aliphatic rings. The molecular formula is C26H28N8O2S2. The van der Waals surface area contributed by atoms with Gasteiger partial charge in [0.1, 0.15) is 10.0 Å². The molecule has 1 fully saturated rings. The van der Waals surface area contributed by atoms with Crippen LogP contribution in [0.1, 0.15) is 58.7 Å². The highest BCUT2D eigenvalue weighted by molar-refractivity contribution is 7.15. The second-order valence-electron chi connectivity index (χ2n) is 9.30. The number of rotatable bonds is 8. The number of benzene rings is 2. The van der Waals surface area contributed by atoms with Gasteiger partial charge in [0.15, 0.2) is 0 Å². The summed E-state index contributed by atoms with van der Waals surface area (Å²) in [5, 5.41) is 25.6. The van der Waals surface area contributed by atoms with Gasteiger partial charge in [-0.2, -0.15) is 0 Å². The van der Waals surface area contributed by atoms with E-state index in [0.717, 1.165) is 46.8 Å². The Balaban J connectivity index is 1.16.